The van der Waals surface area contributed by atoms with Gasteiger partial charge in [0.25, 0.3) is 16.7 Å². The molecule has 0 fully saturated rings. The van der Waals surface area contributed by atoms with Gasteiger partial charge >= 0.3 is 11.9 Å². The normalized spacial score (nSPS) is 15.3. The summed E-state index contributed by atoms with van der Waals surface area (Å²) in [6.45, 7) is 4.20. The Morgan fingerprint density at radius 1 is 1.05 bits per heavy atom. The van der Waals surface area contributed by atoms with E-state index in [1.54, 1.807) is 32.9 Å². The number of hydrogen-bond donors (Lipinski definition) is 2. The van der Waals surface area contributed by atoms with E-state index in [-0.39, 0.29) is 48.6 Å². The number of nitro groups is 1. The van der Waals surface area contributed by atoms with E-state index in [4.69, 9.17) is 9.47 Å². The first-order valence-electron chi connectivity index (χ1n) is 12.8. The molecule has 2 unspecified atom stereocenters. The molecule has 1 aliphatic heterocycles. The number of carbonyl (C=O) groups is 3. The number of carbonyl (C=O) groups excluding carboxylic acids is 3. The number of dihydropyridines is 1. The molecule has 42 heavy (non-hydrogen) atoms. The van der Waals surface area contributed by atoms with Crippen molar-refractivity contribution in [3.8, 4) is 0 Å². The largest absolute Gasteiger partial charge is 0.462 e. The molecule has 0 saturated heterocycles. The van der Waals surface area contributed by atoms with Crippen LogP contribution in [0.4, 0.5) is 5.69 Å². The summed E-state index contributed by atoms with van der Waals surface area (Å²) in [5, 5.41) is 26.5. The zero-order valence-electron chi connectivity index (χ0n) is 23.0. The number of hydrogen-bond acceptors (Lipinski definition) is 12. The van der Waals surface area contributed by atoms with Crippen LogP contribution in [0.15, 0.2) is 71.3 Å². The number of nitrogens with one attached hydrogen (secondary N) is 2. The van der Waals surface area contributed by atoms with Gasteiger partial charge in [-0.1, -0.05) is 12.1 Å². The highest BCUT2D eigenvalue weighted by Crippen LogP contribution is 2.40. The lowest BCUT2D eigenvalue weighted by molar-refractivity contribution is -0.757. The van der Waals surface area contributed by atoms with Crippen LogP contribution in [0.2, 0.25) is 0 Å². The number of pyridine rings is 1. The molecule has 15 nitrogen and oxygen atoms in total. The lowest BCUT2D eigenvalue weighted by Crippen LogP contribution is -2.36. The zero-order chi connectivity index (χ0) is 30.8. The molecule has 3 rings (SSSR count). The van der Waals surface area contributed by atoms with Gasteiger partial charge in [-0.3, -0.25) is 19.9 Å². The Morgan fingerprint density at radius 3 is 2.40 bits per heavy atom. The first kappa shape index (κ1) is 31.2. The monoisotopic (exact) mass is 583 g/mol. The van der Waals surface area contributed by atoms with E-state index in [1.165, 1.54) is 36.7 Å². The van der Waals surface area contributed by atoms with E-state index in [9.17, 15) is 34.6 Å². The summed E-state index contributed by atoms with van der Waals surface area (Å²) in [4.78, 5) is 68.5. The molecular formula is C27H29N5O10. The molecule has 0 aliphatic carbocycles. The lowest BCUT2D eigenvalue weighted by Gasteiger charge is -2.31. The molecule has 1 aromatic carbocycles. The first-order valence-corrected chi connectivity index (χ1v) is 12.8. The van der Waals surface area contributed by atoms with Gasteiger partial charge in [-0.05, 0) is 38.5 Å². The van der Waals surface area contributed by atoms with Gasteiger partial charge in [-0.25, -0.2) is 9.59 Å². The highest BCUT2D eigenvalue weighted by molar-refractivity contribution is 6.00. The molecule has 0 saturated carbocycles. The van der Waals surface area contributed by atoms with Crippen LogP contribution < -0.4 is 10.6 Å². The number of nitrogens with zero attached hydrogens (tertiary/aromatic N) is 3. The van der Waals surface area contributed by atoms with Gasteiger partial charge in [-0.15, -0.1) is 10.1 Å². The van der Waals surface area contributed by atoms with Crippen LogP contribution in [-0.4, -0.2) is 58.7 Å². The number of ether oxygens (including phenoxy) is 2. The van der Waals surface area contributed by atoms with Gasteiger partial charge in [0.05, 0.1) is 47.3 Å². The predicted molar refractivity (Wildman–Crippen MR) is 145 cm³/mol. The Labute approximate surface area is 239 Å². The van der Waals surface area contributed by atoms with Gasteiger partial charge in [0.15, 0.2) is 0 Å². The second-order valence-electron chi connectivity index (χ2n) is 9.20. The summed E-state index contributed by atoms with van der Waals surface area (Å²) in [7, 11) is 0. The minimum Gasteiger partial charge on any atom is -0.462 e. The third-order valence-electron chi connectivity index (χ3n) is 6.12. The number of non-ortho nitro benzene ring substituents is 1. The second-order valence-corrected chi connectivity index (χ2v) is 9.20. The fourth-order valence-corrected chi connectivity index (χ4v) is 4.25. The second kappa shape index (κ2) is 14.3. The molecule has 222 valence electrons. The Hall–Kier alpha value is -5.34. The highest BCUT2D eigenvalue weighted by Gasteiger charge is 2.39. The Kier molecular flexibility index (Phi) is 10.6. The average Bonchev–Trinajstić information content (AvgIpc) is 2.95. The fourth-order valence-electron chi connectivity index (χ4n) is 4.25. The fraction of sp³-hybridized carbons (Fsp3) is 0.333. The van der Waals surface area contributed by atoms with E-state index in [2.05, 4.69) is 20.5 Å². The molecule has 2 aromatic rings. The summed E-state index contributed by atoms with van der Waals surface area (Å²) < 4.78 is 10.9. The number of esters is 2. The van der Waals surface area contributed by atoms with Crippen LogP contribution in [0.5, 0.6) is 0 Å². The minimum atomic E-state index is -1.11. The van der Waals surface area contributed by atoms with Crippen molar-refractivity contribution in [2.45, 2.75) is 39.2 Å². The van der Waals surface area contributed by atoms with Crippen LogP contribution in [0, 0.1) is 20.2 Å². The van der Waals surface area contributed by atoms with Crippen molar-refractivity contribution in [2.24, 2.45) is 0 Å². The van der Waals surface area contributed by atoms with E-state index in [0.29, 0.717) is 17.0 Å². The maximum atomic E-state index is 13.5. The molecule has 15 heteroatoms. The van der Waals surface area contributed by atoms with Crippen molar-refractivity contribution in [2.75, 3.05) is 19.8 Å². The molecule has 0 bridgehead atoms. The third kappa shape index (κ3) is 8.09. The van der Waals surface area contributed by atoms with E-state index in [0.717, 1.165) is 0 Å². The SMILES string of the molecule is CC1=C(C(=O)OCCCO[N+](=O)[O-])C(c2cccc([N+](=O)[O-])c2)C(C(=O)OC(C)CNC(=O)c2cccnc2)=C(C)N1. The summed E-state index contributed by atoms with van der Waals surface area (Å²) in [6.07, 6.45) is 2.15. The van der Waals surface area contributed by atoms with Crippen LogP contribution >= 0.6 is 0 Å². The third-order valence-corrected chi connectivity index (χ3v) is 6.12. The topological polar surface area (TPSA) is 202 Å². The minimum absolute atomic E-state index is 0.000719. The molecule has 1 aliphatic rings. The highest BCUT2D eigenvalue weighted by atomic mass is 16.9. The first-order chi connectivity index (χ1) is 20.0. The maximum absolute atomic E-state index is 13.5. The molecule has 0 spiro atoms. The quantitative estimate of drug-likeness (QED) is 0.151. The van der Waals surface area contributed by atoms with Crippen molar-refractivity contribution in [1.29, 1.82) is 0 Å². The smallest absolute Gasteiger partial charge is 0.337 e. The van der Waals surface area contributed by atoms with Gasteiger partial charge in [0, 0.05) is 42.3 Å². The number of amides is 1. The van der Waals surface area contributed by atoms with Gasteiger partial charge < -0.3 is 24.9 Å². The van der Waals surface area contributed by atoms with Crippen molar-refractivity contribution in [3.05, 3.63) is 103 Å². The van der Waals surface area contributed by atoms with E-state index in [1.807, 2.05) is 0 Å². The van der Waals surface area contributed by atoms with Crippen molar-refractivity contribution >= 4 is 23.5 Å². The number of benzene rings is 1. The number of nitro benzene ring substituents is 1. The molecule has 2 N–H and O–H groups in total. The van der Waals surface area contributed by atoms with Crippen LogP contribution in [-0.2, 0) is 23.9 Å². The van der Waals surface area contributed by atoms with Crippen LogP contribution in [0.25, 0.3) is 0 Å². The molecule has 1 aromatic heterocycles. The Morgan fingerprint density at radius 2 is 1.76 bits per heavy atom. The molecular weight excluding hydrogens is 554 g/mol. The molecule has 2 atom stereocenters. The summed E-state index contributed by atoms with van der Waals surface area (Å²) in [5.74, 6) is -3.19. The van der Waals surface area contributed by atoms with Crippen molar-refractivity contribution < 1.29 is 38.7 Å². The molecule has 2 heterocycles. The van der Waals surface area contributed by atoms with Crippen molar-refractivity contribution in [3.63, 3.8) is 0 Å². The van der Waals surface area contributed by atoms with Gasteiger partial charge in [-0.2, -0.15) is 0 Å². The number of aromatic nitrogens is 1. The number of rotatable bonds is 13. The van der Waals surface area contributed by atoms with E-state index < -0.39 is 39.9 Å². The van der Waals surface area contributed by atoms with Crippen LogP contribution in [0.3, 0.4) is 0 Å². The van der Waals surface area contributed by atoms with Crippen LogP contribution in [0.1, 0.15) is 49.0 Å². The van der Waals surface area contributed by atoms with Gasteiger partial charge in [0.2, 0.25) is 0 Å². The molecule has 0 radical (unpaired) electrons. The maximum Gasteiger partial charge on any atom is 0.337 e. The zero-order valence-corrected chi connectivity index (χ0v) is 23.0. The number of allylic oxidation sites excluding steroid dienone is 2. The summed E-state index contributed by atoms with van der Waals surface area (Å²) in [6, 6.07) is 8.67. The predicted octanol–water partition coefficient (Wildman–Crippen LogP) is 2.73. The summed E-state index contributed by atoms with van der Waals surface area (Å²) in [5.41, 5.74) is 1.02. The van der Waals surface area contributed by atoms with Crippen molar-refractivity contribution in [1.82, 2.24) is 15.6 Å². The van der Waals surface area contributed by atoms with Gasteiger partial charge in [0.1, 0.15) is 6.10 Å². The Balaban J connectivity index is 1.85. The van der Waals surface area contributed by atoms with E-state index >= 15 is 0 Å². The summed E-state index contributed by atoms with van der Waals surface area (Å²) >= 11 is 0. The lowest BCUT2D eigenvalue weighted by atomic mass is 9.80. The standard InChI is InChI=1S/C27H29N5O10/c1-16(14-29-25(33)20-8-5-10-28-15-20)42-27(35)23-18(3)30-17(2)22(26(34)40-11-6-12-41-32(38)39)24(23)19-7-4-9-21(13-19)31(36)37/h4-5,7-10,13,15-16,24,30H,6,11-12,14H2,1-3H3,(H,29,33). The average molecular weight is 584 g/mol. The molecule has 1 amide bonds. The Bertz CT molecular complexity index is 1420.